The summed E-state index contributed by atoms with van der Waals surface area (Å²) in [5.41, 5.74) is 27.1. The van der Waals surface area contributed by atoms with E-state index < -0.39 is 0 Å². The lowest BCUT2D eigenvalue weighted by Crippen LogP contribution is -1.91. The summed E-state index contributed by atoms with van der Waals surface area (Å²) < 4.78 is 0. The zero-order chi connectivity index (χ0) is 23.0. The average molecular weight is 447 g/mol. The summed E-state index contributed by atoms with van der Waals surface area (Å²) in [5, 5.41) is 2.24. The molecule has 6 heteroatoms. The number of thiol groups is 2. The Bertz CT molecular complexity index is 1210. The Morgan fingerprint density at radius 1 is 0.677 bits per heavy atom. The Morgan fingerprint density at radius 3 is 1.90 bits per heavy atom. The van der Waals surface area contributed by atoms with Gasteiger partial charge in [0, 0.05) is 38.1 Å². The van der Waals surface area contributed by atoms with E-state index in [1.54, 1.807) is 18.2 Å². The minimum Gasteiger partial charge on any atom is -0.399 e. The summed E-state index contributed by atoms with van der Waals surface area (Å²) in [4.78, 5) is 1.76. The molecule has 0 bridgehead atoms. The van der Waals surface area contributed by atoms with Crippen molar-refractivity contribution in [3.8, 4) is 12.3 Å². The van der Waals surface area contributed by atoms with Crippen molar-refractivity contribution in [1.29, 1.82) is 0 Å². The fourth-order valence-corrected chi connectivity index (χ4v) is 2.99. The lowest BCUT2D eigenvalue weighted by molar-refractivity contribution is 1.47. The summed E-state index contributed by atoms with van der Waals surface area (Å²) in [5.74, 6) is 2.50. The number of nitrogens with two attached hydrogens (primary N) is 4. The van der Waals surface area contributed by atoms with Crippen LogP contribution in [0.1, 0.15) is 11.1 Å². The quantitative estimate of drug-likeness (QED) is 0.123. The standard InChI is InChI=1S/C10H9NS2.C8H7N.C7H10N2/c11-9-4-6-1-2-8(12)3-7(6)5-10(9)13;1-2-7-3-5-8(9)6-4-7;1-5-4-6(8)2-3-7(5)9/h1-5,12-13H,11H2;1,3-6H,9H2;2-4H,8-9H2,1H3. The van der Waals surface area contributed by atoms with E-state index in [1.807, 2.05) is 61.5 Å². The Morgan fingerprint density at radius 2 is 1.32 bits per heavy atom. The number of rotatable bonds is 0. The molecule has 0 aliphatic carbocycles. The molecule has 0 unspecified atom stereocenters. The van der Waals surface area contributed by atoms with Crippen LogP contribution in [0.2, 0.25) is 0 Å². The van der Waals surface area contributed by atoms with E-state index in [0.717, 1.165) is 48.8 Å². The second-order valence-corrected chi connectivity index (χ2v) is 7.82. The van der Waals surface area contributed by atoms with Gasteiger partial charge in [-0.25, -0.2) is 0 Å². The Balaban J connectivity index is 0.000000170. The molecule has 0 amide bonds. The van der Waals surface area contributed by atoms with Gasteiger partial charge in [0.15, 0.2) is 0 Å². The fraction of sp³-hybridized carbons (Fsp3) is 0.0400. The van der Waals surface area contributed by atoms with Crippen LogP contribution in [0.5, 0.6) is 0 Å². The van der Waals surface area contributed by atoms with Crippen molar-refractivity contribution in [2.24, 2.45) is 0 Å². The first kappa shape index (κ1) is 23.9. The lowest BCUT2D eigenvalue weighted by Gasteiger charge is -2.03. The average Bonchev–Trinajstić information content (AvgIpc) is 2.74. The molecule has 0 aliphatic rings. The molecule has 0 spiro atoms. The predicted octanol–water partition coefficient (Wildman–Crippen LogP) is 5.41. The minimum atomic E-state index is 0.711. The van der Waals surface area contributed by atoms with Gasteiger partial charge in [-0.05, 0) is 90.0 Å². The number of terminal acetylenes is 1. The number of benzene rings is 4. The normalized spacial score (nSPS) is 9.61. The molecule has 0 aliphatic heterocycles. The SMILES string of the molecule is C#Cc1ccc(N)cc1.Cc1cc(N)ccc1N.Nc1cc2ccc(S)cc2cc1S. The van der Waals surface area contributed by atoms with Crippen LogP contribution < -0.4 is 22.9 Å². The topological polar surface area (TPSA) is 104 Å². The Labute approximate surface area is 194 Å². The first-order chi connectivity index (χ1) is 14.7. The molecule has 4 nitrogen and oxygen atoms in total. The van der Waals surface area contributed by atoms with E-state index in [2.05, 4.69) is 31.2 Å². The monoisotopic (exact) mass is 446 g/mol. The molecule has 158 valence electrons. The number of aryl methyl sites for hydroxylation is 1. The second-order valence-electron chi connectivity index (χ2n) is 6.82. The van der Waals surface area contributed by atoms with Crippen molar-refractivity contribution >= 4 is 58.8 Å². The largest absolute Gasteiger partial charge is 0.399 e. The molecular formula is C25H26N4S2. The smallest absolute Gasteiger partial charge is 0.0456 e. The van der Waals surface area contributed by atoms with Crippen LogP contribution in [0.4, 0.5) is 22.7 Å². The zero-order valence-electron chi connectivity index (χ0n) is 17.2. The van der Waals surface area contributed by atoms with Gasteiger partial charge in [-0.15, -0.1) is 31.7 Å². The van der Waals surface area contributed by atoms with Crippen LogP contribution in [0, 0.1) is 19.3 Å². The maximum atomic E-state index is 5.73. The number of hydrogen-bond acceptors (Lipinski definition) is 6. The van der Waals surface area contributed by atoms with Gasteiger partial charge in [0.2, 0.25) is 0 Å². The summed E-state index contributed by atoms with van der Waals surface area (Å²) in [7, 11) is 0. The fourth-order valence-electron chi connectivity index (χ4n) is 2.57. The molecule has 31 heavy (non-hydrogen) atoms. The number of anilines is 4. The highest BCUT2D eigenvalue weighted by Crippen LogP contribution is 2.26. The van der Waals surface area contributed by atoms with Gasteiger partial charge in [0.05, 0.1) is 0 Å². The van der Waals surface area contributed by atoms with Gasteiger partial charge in [0.1, 0.15) is 0 Å². The van der Waals surface area contributed by atoms with Crippen molar-refractivity contribution in [2.75, 3.05) is 22.9 Å². The summed E-state index contributed by atoms with van der Waals surface area (Å²) in [6.07, 6.45) is 5.11. The number of fused-ring (bicyclic) bond motifs is 1. The molecule has 4 aromatic carbocycles. The maximum absolute atomic E-state index is 5.73. The Kier molecular flexibility index (Phi) is 8.56. The van der Waals surface area contributed by atoms with Gasteiger partial charge in [-0.2, -0.15) is 0 Å². The molecule has 0 saturated heterocycles. The van der Waals surface area contributed by atoms with Gasteiger partial charge < -0.3 is 22.9 Å². The van der Waals surface area contributed by atoms with Crippen LogP contribution >= 0.6 is 25.3 Å². The van der Waals surface area contributed by atoms with Crippen molar-refractivity contribution in [1.82, 2.24) is 0 Å². The van der Waals surface area contributed by atoms with Crippen LogP contribution in [0.15, 0.2) is 82.6 Å². The lowest BCUT2D eigenvalue weighted by atomic mass is 10.1. The van der Waals surface area contributed by atoms with Gasteiger partial charge >= 0.3 is 0 Å². The van der Waals surface area contributed by atoms with Crippen LogP contribution in [0.25, 0.3) is 10.8 Å². The first-order valence-electron chi connectivity index (χ1n) is 9.34. The highest BCUT2D eigenvalue weighted by Gasteiger charge is 1.98. The molecule has 0 saturated carbocycles. The van der Waals surface area contributed by atoms with Gasteiger partial charge in [-0.3, -0.25) is 0 Å². The highest BCUT2D eigenvalue weighted by atomic mass is 32.1. The molecule has 0 atom stereocenters. The van der Waals surface area contributed by atoms with Gasteiger partial charge in [-0.1, -0.05) is 12.0 Å². The molecular weight excluding hydrogens is 420 g/mol. The second kappa shape index (κ2) is 11.1. The van der Waals surface area contributed by atoms with E-state index >= 15 is 0 Å². The van der Waals surface area contributed by atoms with Crippen LogP contribution in [-0.2, 0) is 0 Å². The number of nitrogen functional groups attached to an aromatic ring is 4. The highest BCUT2D eigenvalue weighted by molar-refractivity contribution is 7.80. The van der Waals surface area contributed by atoms with Crippen molar-refractivity contribution in [3.63, 3.8) is 0 Å². The molecule has 4 rings (SSSR count). The molecule has 0 heterocycles. The molecule has 0 radical (unpaired) electrons. The third-order valence-electron chi connectivity index (χ3n) is 4.34. The van der Waals surface area contributed by atoms with Crippen molar-refractivity contribution in [3.05, 3.63) is 83.9 Å². The van der Waals surface area contributed by atoms with E-state index in [-0.39, 0.29) is 0 Å². The Hall–Kier alpha value is -3.40. The summed E-state index contributed by atoms with van der Waals surface area (Å²) in [6, 6.07) is 22.5. The summed E-state index contributed by atoms with van der Waals surface area (Å²) >= 11 is 8.52. The van der Waals surface area contributed by atoms with E-state index in [9.17, 15) is 0 Å². The minimum absolute atomic E-state index is 0.711. The van der Waals surface area contributed by atoms with Crippen molar-refractivity contribution in [2.45, 2.75) is 16.7 Å². The van der Waals surface area contributed by atoms with Crippen molar-refractivity contribution < 1.29 is 0 Å². The third-order valence-corrected chi connectivity index (χ3v) is 5.01. The first-order valence-corrected chi connectivity index (χ1v) is 10.2. The summed E-state index contributed by atoms with van der Waals surface area (Å²) in [6.45, 7) is 1.94. The van der Waals surface area contributed by atoms with E-state index in [1.165, 1.54) is 0 Å². The molecule has 0 aromatic heterocycles. The maximum Gasteiger partial charge on any atom is 0.0456 e. The number of hydrogen-bond donors (Lipinski definition) is 6. The third kappa shape index (κ3) is 7.41. The molecule has 0 fully saturated rings. The molecule has 4 aromatic rings. The van der Waals surface area contributed by atoms with Crippen LogP contribution in [-0.4, -0.2) is 0 Å². The van der Waals surface area contributed by atoms with Crippen LogP contribution in [0.3, 0.4) is 0 Å². The van der Waals surface area contributed by atoms with Gasteiger partial charge in [0.25, 0.3) is 0 Å². The predicted molar refractivity (Wildman–Crippen MR) is 142 cm³/mol. The zero-order valence-corrected chi connectivity index (χ0v) is 19.0. The molecule has 8 N–H and O–H groups in total. The van der Waals surface area contributed by atoms with E-state index in [0.29, 0.717) is 5.69 Å². The van der Waals surface area contributed by atoms with E-state index in [4.69, 9.17) is 29.4 Å².